The summed E-state index contributed by atoms with van der Waals surface area (Å²) in [5, 5.41) is 0. The molecule has 2 unspecified atom stereocenters. The van der Waals surface area contributed by atoms with Gasteiger partial charge in [0.05, 0.1) is 0 Å². The molecule has 146 valence electrons. The summed E-state index contributed by atoms with van der Waals surface area (Å²) in [4.78, 5) is 14.6. The van der Waals surface area contributed by atoms with E-state index < -0.39 is 5.60 Å². The van der Waals surface area contributed by atoms with Crippen molar-refractivity contribution in [2.75, 3.05) is 19.6 Å². The molecule has 1 saturated heterocycles. The Labute approximate surface area is 169 Å². The minimum Gasteiger partial charge on any atom is -0.454 e. The summed E-state index contributed by atoms with van der Waals surface area (Å²) >= 11 is 0. The predicted molar refractivity (Wildman–Crippen MR) is 112 cm³/mol. The number of ether oxygens (including phenoxy) is 1. The fourth-order valence-corrected chi connectivity index (χ4v) is 4.13. The number of esters is 1. The minimum absolute atomic E-state index is 0. The molecule has 2 aromatic rings. The Morgan fingerprint density at radius 3 is 2.15 bits per heavy atom. The number of likely N-dealkylation sites (tertiary alicyclic amines) is 1. The first kappa shape index (κ1) is 21.5. The molecule has 0 spiro atoms. The second kappa shape index (κ2) is 9.91. The molecule has 0 aromatic heterocycles. The molecule has 1 heterocycles. The van der Waals surface area contributed by atoms with E-state index in [1.54, 1.807) is 0 Å². The third-order valence-corrected chi connectivity index (χ3v) is 5.42. The Morgan fingerprint density at radius 1 is 1.04 bits per heavy atom. The van der Waals surface area contributed by atoms with Crippen molar-refractivity contribution in [1.82, 2.24) is 4.90 Å². The Balaban J connectivity index is 0.00000261. The second-order valence-electron chi connectivity index (χ2n) is 7.42. The normalized spacial score (nSPS) is 17.6. The van der Waals surface area contributed by atoms with Gasteiger partial charge in [0.15, 0.2) is 0 Å². The van der Waals surface area contributed by atoms with Gasteiger partial charge in [0.1, 0.15) is 5.60 Å². The van der Waals surface area contributed by atoms with Gasteiger partial charge in [-0.3, -0.25) is 4.79 Å². The van der Waals surface area contributed by atoms with Gasteiger partial charge in [-0.25, -0.2) is 0 Å². The second-order valence-corrected chi connectivity index (χ2v) is 7.42. The molecular formula is C23H30ClNO2. The number of benzene rings is 2. The number of hydrogen-bond donors (Lipinski definition) is 0. The zero-order chi connectivity index (χ0) is 18.4. The van der Waals surface area contributed by atoms with Crippen molar-refractivity contribution in [3.63, 3.8) is 0 Å². The van der Waals surface area contributed by atoms with E-state index in [1.165, 1.54) is 25.3 Å². The number of carbonyl (C=O) groups is 1. The highest BCUT2D eigenvalue weighted by molar-refractivity contribution is 5.85. The van der Waals surface area contributed by atoms with Crippen LogP contribution in [0.4, 0.5) is 0 Å². The molecule has 4 heteroatoms. The summed E-state index contributed by atoms with van der Waals surface area (Å²) in [6.07, 6.45) is 3.21. The van der Waals surface area contributed by atoms with Gasteiger partial charge in [0.25, 0.3) is 0 Å². The van der Waals surface area contributed by atoms with Crippen molar-refractivity contribution >= 4 is 18.4 Å². The SMILES string of the molecule is CC(=O)OC(Cc1ccccc1)(c1ccccc1)C(C)CN1CCCC1.Cl. The van der Waals surface area contributed by atoms with Gasteiger partial charge in [0, 0.05) is 25.8 Å². The van der Waals surface area contributed by atoms with E-state index in [1.807, 2.05) is 36.4 Å². The predicted octanol–water partition coefficient (Wildman–Crippen LogP) is 4.84. The molecule has 27 heavy (non-hydrogen) atoms. The van der Waals surface area contributed by atoms with Crippen LogP contribution in [-0.4, -0.2) is 30.5 Å². The van der Waals surface area contributed by atoms with Gasteiger partial charge in [0.2, 0.25) is 0 Å². The summed E-state index contributed by atoms with van der Waals surface area (Å²) < 4.78 is 6.13. The highest BCUT2D eigenvalue weighted by atomic mass is 35.5. The zero-order valence-corrected chi connectivity index (χ0v) is 17.1. The van der Waals surface area contributed by atoms with E-state index in [4.69, 9.17) is 4.74 Å². The number of nitrogens with zero attached hydrogens (tertiary/aromatic N) is 1. The van der Waals surface area contributed by atoms with Crippen LogP contribution in [0.3, 0.4) is 0 Å². The van der Waals surface area contributed by atoms with Crippen LogP contribution in [0, 0.1) is 5.92 Å². The van der Waals surface area contributed by atoms with Crippen LogP contribution in [0.25, 0.3) is 0 Å². The molecular weight excluding hydrogens is 358 g/mol. The quantitative estimate of drug-likeness (QED) is 0.636. The Kier molecular flexibility index (Phi) is 7.88. The Morgan fingerprint density at radius 2 is 1.59 bits per heavy atom. The number of rotatable bonds is 7. The first-order valence-electron chi connectivity index (χ1n) is 9.61. The third-order valence-electron chi connectivity index (χ3n) is 5.42. The van der Waals surface area contributed by atoms with Crippen molar-refractivity contribution in [3.8, 4) is 0 Å². The maximum absolute atomic E-state index is 12.1. The van der Waals surface area contributed by atoms with E-state index in [0.29, 0.717) is 6.42 Å². The number of carbonyl (C=O) groups excluding carboxylic acids is 1. The summed E-state index contributed by atoms with van der Waals surface area (Å²) in [5.74, 6) is -0.0369. The Hall–Kier alpha value is -1.84. The summed E-state index contributed by atoms with van der Waals surface area (Å²) in [6, 6.07) is 20.6. The molecule has 2 atom stereocenters. The highest BCUT2D eigenvalue weighted by Gasteiger charge is 2.42. The molecule has 3 nitrogen and oxygen atoms in total. The molecule has 1 fully saturated rings. The van der Waals surface area contributed by atoms with Crippen LogP contribution in [0.15, 0.2) is 60.7 Å². The first-order chi connectivity index (χ1) is 12.6. The molecule has 2 aromatic carbocycles. The first-order valence-corrected chi connectivity index (χ1v) is 9.61. The third kappa shape index (κ3) is 5.33. The van der Waals surface area contributed by atoms with Crippen molar-refractivity contribution in [2.24, 2.45) is 5.92 Å². The van der Waals surface area contributed by atoms with Gasteiger partial charge in [-0.2, -0.15) is 0 Å². The lowest BCUT2D eigenvalue weighted by Gasteiger charge is -2.40. The standard InChI is InChI=1S/C23H29NO2.ClH/c1-19(18-24-15-9-10-16-24)23(26-20(2)25,22-13-7-4-8-14-22)17-21-11-5-3-6-12-21;/h3-8,11-14,19H,9-10,15-18H2,1-2H3;1H. The van der Waals surface area contributed by atoms with Gasteiger partial charge in [-0.15, -0.1) is 12.4 Å². The minimum atomic E-state index is -0.656. The monoisotopic (exact) mass is 387 g/mol. The topological polar surface area (TPSA) is 29.5 Å². The molecule has 3 rings (SSSR count). The van der Waals surface area contributed by atoms with E-state index in [0.717, 1.165) is 25.2 Å². The maximum Gasteiger partial charge on any atom is 0.303 e. The molecule has 0 bridgehead atoms. The van der Waals surface area contributed by atoms with E-state index in [2.05, 4.69) is 36.1 Å². The Bertz CT molecular complexity index is 701. The lowest BCUT2D eigenvalue weighted by Crippen LogP contribution is -2.45. The smallest absolute Gasteiger partial charge is 0.303 e. The molecule has 0 aliphatic carbocycles. The van der Waals surface area contributed by atoms with Gasteiger partial charge in [-0.05, 0) is 37.1 Å². The summed E-state index contributed by atoms with van der Waals surface area (Å²) in [7, 11) is 0. The van der Waals surface area contributed by atoms with Crippen molar-refractivity contribution in [3.05, 3.63) is 71.8 Å². The van der Waals surface area contributed by atoms with Crippen LogP contribution in [0.1, 0.15) is 37.8 Å². The maximum atomic E-state index is 12.1. The largest absolute Gasteiger partial charge is 0.454 e. The van der Waals surface area contributed by atoms with Gasteiger partial charge < -0.3 is 9.64 Å². The van der Waals surface area contributed by atoms with Crippen LogP contribution in [0.5, 0.6) is 0 Å². The van der Waals surface area contributed by atoms with E-state index in [-0.39, 0.29) is 24.3 Å². The summed E-state index contributed by atoms with van der Waals surface area (Å²) in [5.41, 5.74) is 1.61. The highest BCUT2D eigenvalue weighted by Crippen LogP contribution is 2.38. The van der Waals surface area contributed by atoms with Crippen LogP contribution < -0.4 is 0 Å². The van der Waals surface area contributed by atoms with Crippen molar-refractivity contribution < 1.29 is 9.53 Å². The van der Waals surface area contributed by atoms with Crippen molar-refractivity contribution in [2.45, 2.75) is 38.7 Å². The van der Waals surface area contributed by atoms with Crippen LogP contribution in [-0.2, 0) is 21.6 Å². The van der Waals surface area contributed by atoms with Crippen LogP contribution >= 0.6 is 12.4 Å². The molecule has 0 saturated carbocycles. The molecule has 0 radical (unpaired) electrons. The van der Waals surface area contributed by atoms with E-state index >= 15 is 0 Å². The lowest BCUT2D eigenvalue weighted by molar-refractivity contribution is -0.166. The molecule has 0 amide bonds. The van der Waals surface area contributed by atoms with Crippen molar-refractivity contribution in [1.29, 1.82) is 0 Å². The number of halogens is 1. The van der Waals surface area contributed by atoms with Crippen LogP contribution in [0.2, 0.25) is 0 Å². The molecule has 1 aliphatic rings. The fourth-order valence-electron chi connectivity index (χ4n) is 4.13. The van der Waals surface area contributed by atoms with Gasteiger partial charge in [-0.1, -0.05) is 67.6 Å². The molecule has 1 aliphatic heterocycles. The van der Waals surface area contributed by atoms with E-state index in [9.17, 15) is 4.79 Å². The fraction of sp³-hybridized carbons (Fsp3) is 0.435. The summed E-state index contributed by atoms with van der Waals surface area (Å²) in [6.45, 7) is 6.96. The molecule has 0 N–H and O–H groups in total. The number of hydrogen-bond acceptors (Lipinski definition) is 3. The average Bonchev–Trinajstić information content (AvgIpc) is 3.15. The average molecular weight is 388 g/mol. The lowest BCUT2D eigenvalue weighted by atomic mass is 9.77. The van der Waals surface area contributed by atoms with Gasteiger partial charge >= 0.3 is 5.97 Å². The zero-order valence-electron chi connectivity index (χ0n) is 16.3.